The summed E-state index contributed by atoms with van der Waals surface area (Å²) in [5.74, 6) is -0.432. The van der Waals surface area contributed by atoms with Crippen LogP contribution in [0, 0.1) is 0 Å². The molecule has 5 heteroatoms. The normalized spacial score (nSPS) is 11.8. The summed E-state index contributed by atoms with van der Waals surface area (Å²) in [6.07, 6.45) is 6.46. The average Bonchev–Trinajstić information content (AvgIpc) is 3.23. The topological polar surface area (TPSA) is 71.5 Å². The maximum atomic E-state index is 13.0. The van der Waals surface area contributed by atoms with Crippen molar-refractivity contribution in [3.8, 4) is 0 Å². The Labute approximate surface area is 199 Å². The van der Waals surface area contributed by atoms with Gasteiger partial charge in [0.05, 0.1) is 5.71 Å². The highest BCUT2D eigenvalue weighted by Gasteiger charge is 2.14. The van der Waals surface area contributed by atoms with Crippen LogP contribution in [0.25, 0.3) is 21.8 Å². The highest BCUT2D eigenvalue weighted by Crippen LogP contribution is 2.29. The number of oxime groups is 1. The van der Waals surface area contributed by atoms with E-state index in [0.29, 0.717) is 11.1 Å². The van der Waals surface area contributed by atoms with E-state index in [1.54, 1.807) is 0 Å². The SMILES string of the molecule is CCCCCCC/C(=N\OC(C)=O)c1ccc2[nH]c3ccc(C(=O)c4ccccc4)cc3c2c1. The van der Waals surface area contributed by atoms with E-state index in [-0.39, 0.29) is 5.78 Å². The molecule has 3 aromatic carbocycles. The van der Waals surface area contributed by atoms with Crippen molar-refractivity contribution in [2.45, 2.75) is 52.4 Å². The molecule has 4 rings (SSSR count). The molecule has 1 heterocycles. The van der Waals surface area contributed by atoms with Gasteiger partial charge in [-0.3, -0.25) is 4.79 Å². The molecule has 0 amide bonds. The number of aromatic nitrogens is 1. The highest BCUT2D eigenvalue weighted by molar-refractivity contribution is 6.15. The van der Waals surface area contributed by atoms with Crippen molar-refractivity contribution >= 4 is 39.3 Å². The first kappa shape index (κ1) is 23.4. The molecular formula is C29H30N2O3. The lowest BCUT2D eigenvalue weighted by Crippen LogP contribution is -2.04. The summed E-state index contributed by atoms with van der Waals surface area (Å²) in [4.78, 5) is 32.8. The van der Waals surface area contributed by atoms with Crippen LogP contribution in [0.1, 0.15) is 73.9 Å². The monoisotopic (exact) mass is 454 g/mol. The molecule has 0 fully saturated rings. The molecule has 1 N–H and O–H groups in total. The Balaban J connectivity index is 1.68. The van der Waals surface area contributed by atoms with Crippen molar-refractivity contribution in [2.24, 2.45) is 5.16 Å². The van der Waals surface area contributed by atoms with Crippen LogP contribution in [-0.2, 0) is 9.63 Å². The van der Waals surface area contributed by atoms with Crippen LogP contribution in [0.3, 0.4) is 0 Å². The lowest BCUT2D eigenvalue weighted by atomic mass is 9.99. The summed E-state index contributed by atoms with van der Waals surface area (Å²) in [6, 6.07) is 21.2. The van der Waals surface area contributed by atoms with E-state index in [4.69, 9.17) is 4.84 Å². The van der Waals surface area contributed by atoms with Gasteiger partial charge < -0.3 is 9.82 Å². The Morgan fingerprint density at radius 2 is 1.44 bits per heavy atom. The molecule has 174 valence electrons. The van der Waals surface area contributed by atoms with Crippen LogP contribution in [0.15, 0.2) is 71.9 Å². The smallest absolute Gasteiger partial charge is 0.331 e. The molecule has 0 bridgehead atoms. The first-order chi connectivity index (χ1) is 16.6. The molecule has 34 heavy (non-hydrogen) atoms. The molecule has 0 radical (unpaired) electrons. The van der Waals surface area contributed by atoms with Gasteiger partial charge in [-0.15, -0.1) is 0 Å². The molecule has 5 nitrogen and oxygen atoms in total. The molecule has 0 aliphatic carbocycles. The van der Waals surface area contributed by atoms with Crippen LogP contribution >= 0.6 is 0 Å². The summed E-state index contributed by atoms with van der Waals surface area (Å²) in [7, 11) is 0. The Morgan fingerprint density at radius 1 is 0.794 bits per heavy atom. The van der Waals surface area contributed by atoms with Crippen LogP contribution in [0.4, 0.5) is 0 Å². The van der Waals surface area contributed by atoms with Crippen LogP contribution in [-0.4, -0.2) is 22.4 Å². The molecule has 1 aromatic heterocycles. The zero-order valence-corrected chi connectivity index (χ0v) is 19.8. The zero-order valence-electron chi connectivity index (χ0n) is 19.8. The second-order valence-electron chi connectivity index (χ2n) is 8.63. The number of fused-ring (bicyclic) bond motifs is 3. The lowest BCUT2D eigenvalue weighted by molar-refractivity contribution is -0.140. The van der Waals surface area contributed by atoms with E-state index < -0.39 is 5.97 Å². The lowest BCUT2D eigenvalue weighted by Gasteiger charge is -2.07. The maximum Gasteiger partial charge on any atom is 0.331 e. The summed E-state index contributed by atoms with van der Waals surface area (Å²) in [5.41, 5.74) is 4.95. The number of unbranched alkanes of at least 4 members (excludes halogenated alkanes) is 4. The van der Waals surface area contributed by atoms with Crippen molar-refractivity contribution in [1.29, 1.82) is 0 Å². The third-order valence-electron chi connectivity index (χ3n) is 6.03. The van der Waals surface area contributed by atoms with Gasteiger partial charge in [0.15, 0.2) is 5.78 Å². The Hall–Kier alpha value is -3.73. The summed E-state index contributed by atoms with van der Waals surface area (Å²) in [6.45, 7) is 3.55. The van der Waals surface area contributed by atoms with Gasteiger partial charge in [-0.1, -0.05) is 74.2 Å². The standard InChI is InChI=1S/C29H30N2O3/c1-3-4-5-6-10-13-26(31-34-20(2)32)22-14-16-27-24(18-22)25-19-23(15-17-28(25)30-27)29(33)21-11-8-7-9-12-21/h7-9,11-12,14-19,30H,3-6,10,13H2,1-2H3/b31-26+. The molecule has 0 unspecified atom stereocenters. The largest absolute Gasteiger partial charge is 0.355 e. The first-order valence-electron chi connectivity index (χ1n) is 12.0. The van der Waals surface area contributed by atoms with Gasteiger partial charge in [-0.2, -0.15) is 0 Å². The third kappa shape index (κ3) is 5.42. The number of hydrogen-bond donors (Lipinski definition) is 1. The molecule has 0 atom stereocenters. The molecular weight excluding hydrogens is 424 g/mol. The van der Waals surface area contributed by atoms with Crippen molar-refractivity contribution < 1.29 is 14.4 Å². The van der Waals surface area contributed by atoms with Gasteiger partial charge in [0, 0.05) is 45.4 Å². The zero-order chi connectivity index (χ0) is 23.9. The van der Waals surface area contributed by atoms with Crippen LogP contribution < -0.4 is 0 Å². The van der Waals surface area contributed by atoms with Crippen molar-refractivity contribution in [2.75, 3.05) is 0 Å². The first-order valence-corrected chi connectivity index (χ1v) is 12.0. The molecule has 0 saturated heterocycles. The summed E-state index contributed by atoms with van der Waals surface area (Å²) < 4.78 is 0. The van der Waals surface area contributed by atoms with E-state index in [2.05, 4.69) is 23.1 Å². The minimum atomic E-state index is -0.430. The van der Waals surface area contributed by atoms with Crippen molar-refractivity contribution in [3.63, 3.8) is 0 Å². The number of benzene rings is 3. The fraction of sp³-hybridized carbons (Fsp3) is 0.276. The second-order valence-corrected chi connectivity index (χ2v) is 8.63. The number of aromatic amines is 1. The fourth-order valence-electron chi connectivity index (χ4n) is 4.23. The number of nitrogens with one attached hydrogen (secondary N) is 1. The Bertz CT molecular complexity index is 1340. The summed E-state index contributed by atoms with van der Waals surface area (Å²) in [5, 5.41) is 6.16. The van der Waals surface area contributed by atoms with E-state index in [1.165, 1.54) is 26.2 Å². The highest BCUT2D eigenvalue weighted by atomic mass is 16.7. The Morgan fingerprint density at radius 3 is 2.12 bits per heavy atom. The average molecular weight is 455 g/mol. The number of nitrogens with zero attached hydrogens (tertiary/aromatic N) is 1. The molecule has 0 spiro atoms. The molecule has 4 aromatic rings. The Kier molecular flexibility index (Phi) is 7.53. The minimum Gasteiger partial charge on any atom is -0.355 e. The van der Waals surface area contributed by atoms with Crippen LogP contribution in [0.2, 0.25) is 0 Å². The third-order valence-corrected chi connectivity index (χ3v) is 6.03. The summed E-state index contributed by atoms with van der Waals surface area (Å²) >= 11 is 0. The fourth-order valence-corrected chi connectivity index (χ4v) is 4.23. The quantitative estimate of drug-likeness (QED) is 0.0907. The van der Waals surface area contributed by atoms with Gasteiger partial charge >= 0.3 is 5.97 Å². The van der Waals surface area contributed by atoms with Gasteiger partial charge in [-0.25, -0.2) is 4.79 Å². The van der Waals surface area contributed by atoms with Gasteiger partial charge in [0.2, 0.25) is 0 Å². The predicted octanol–water partition coefficient (Wildman–Crippen LogP) is 7.18. The number of hydrogen-bond acceptors (Lipinski definition) is 4. The van der Waals surface area contributed by atoms with E-state index in [1.807, 2.05) is 60.7 Å². The van der Waals surface area contributed by atoms with E-state index in [9.17, 15) is 9.59 Å². The minimum absolute atomic E-state index is 0.00260. The number of rotatable bonds is 10. The van der Waals surface area contributed by atoms with Crippen molar-refractivity contribution in [1.82, 2.24) is 4.98 Å². The number of carbonyl (C=O) groups excluding carboxylic acids is 2. The van der Waals surface area contributed by atoms with Crippen LogP contribution in [0.5, 0.6) is 0 Å². The maximum absolute atomic E-state index is 13.0. The van der Waals surface area contributed by atoms with E-state index in [0.717, 1.165) is 52.3 Å². The van der Waals surface area contributed by atoms with E-state index >= 15 is 0 Å². The van der Waals surface area contributed by atoms with Crippen molar-refractivity contribution in [3.05, 3.63) is 83.4 Å². The van der Waals surface area contributed by atoms with Gasteiger partial charge in [0.25, 0.3) is 0 Å². The molecule has 0 aliphatic rings. The number of carbonyl (C=O) groups is 2. The number of H-pyrrole nitrogens is 1. The van der Waals surface area contributed by atoms with Gasteiger partial charge in [-0.05, 0) is 43.2 Å². The predicted molar refractivity (Wildman–Crippen MR) is 137 cm³/mol. The number of ketones is 1. The van der Waals surface area contributed by atoms with Gasteiger partial charge in [0.1, 0.15) is 0 Å². The molecule has 0 aliphatic heterocycles. The second kappa shape index (κ2) is 10.9. The molecule has 0 saturated carbocycles.